The van der Waals surface area contributed by atoms with Crippen LogP contribution in [0.3, 0.4) is 0 Å². The van der Waals surface area contributed by atoms with Crippen molar-refractivity contribution in [1.29, 1.82) is 0 Å². The number of benzene rings is 1. The van der Waals surface area contributed by atoms with Crippen molar-refractivity contribution in [2.24, 2.45) is 0 Å². The Morgan fingerprint density at radius 1 is 1.38 bits per heavy atom. The van der Waals surface area contributed by atoms with Crippen LogP contribution in [0.4, 0.5) is 4.39 Å². The van der Waals surface area contributed by atoms with Gasteiger partial charge in [0.15, 0.2) is 0 Å². The smallest absolute Gasteiger partial charge is 0.127 e. The molecule has 1 heterocycles. The highest BCUT2D eigenvalue weighted by Crippen LogP contribution is 2.34. The van der Waals surface area contributed by atoms with Crippen molar-refractivity contribution in [3.8, 4) is 0 Å². The highest BCUT2D eigenvalue weighted by Gasteiger charge is 2.40. The monoisotopic (exact) mass is 354 g/mol. The minimum Gasteiger partial charge on any atom is -0.308 e. The summed E-state index contributed by atoms with van der Waals surface area (Å²) in [5, 5.41) is 3.79. The molecule has 1 atom stereocenters. The largest absolute Gasteiger partial charge is 0.308 e. The Kier molecular flexibility index (Phi) is 4.67. The van der Waals surface area contributed by atoms with Gasteiger partial charge in [-0.25, -0.2) is 4.39 Å². The van der Waals surface area contributed by atoms with Crippen molar-refractivity contribution in [1.82, 2.24) is 10.2 Å². The second-order valence-corrected chi connectivity index (χ2v) is 7.49. The van der Waals surface area contributed by atoms with E-state index in [-0.39, 0.29) is 11.4 Å². The number of nitrogens with one attached hydrogen (secondary N) is 1. The van der Waals surface area contributed by atoms with Crippen LogP contribution in [0.15, 0.2) is 22.7 Å². The number of nitrogens with zero attached hydrogens (tertiary/aromatic N) is 1. The van der Waals surface area contributed by atoms with Gasteiger partial charge >= 0.3 is 0 Å². The van der Waals surface area contributed by atoms with E-state index in [9.17, 15) is 4.39 Å². The summed E-state index contributed by atoms with van der Waals surface area (Å²) in [6, 6.07) is 5.76. The van der Waals surface area contributed by atoms with Crippen LogP contribution in [0.25, 0.3) is 0 Å². The molecule has 1 saturated carbocycles. The van der Waals surface area contributed by atoms with Crippen LogP contribution in [0.1, 0.15) is 44.6 Å². The summed E-state index contributed by atoms with van der Waals surface area (Å²) in [7, 11) is 0. The van der Waals surface area contributed by atoms with Gasteiger partial charge in [0, 0.05) is 41.3 Å². The lowest BCUT2D eigenvalue weighted by Gasteiger charge is -2.46. The average molecular weight is 355 g/mol. The zero-order valence-corrected chi connectivity index (χ0v) is 14.3. The van der Waals surface area contributed by atoms with Gasteiger partial charge in [0.1, 0.15) is 5.82 Å². The van der Waals surface area contributed by atoms with Gasteiger partial charge in [0.2, 0.25) is 0 Å². The van der Waals surface area contributed by atoms with E-state index >= 15 is 0 Å². The summed E-state index contributed by atoms with van der Waals surface area (Å²) in [4.78, 5) is 2.49. The Morgan fingerprint density at radius 3 is 2.86 bits per heavy atom. The molecule has 2 aliphatic rings. The van der Waals surface area contributed by atoms with Gasteiger partial charge in [-0.3, -0.25) is 4.90 Å². The minimum absolute atomic E-state index is 0.0907. The highest BCUT2D eigenvalue weighted by atomic mass is 79.9. The number of hydrogen-bond acceptors (Lipinski definition) is 2. The van der Waals surface area contributed by atoms with E-state index < -0.39 is 0 Å². The van der Waals surface area contributed by atoms with Crippen molar-refractivity contribution >= 4 is 15.9 Å². The molecule has 1 aromatic carbocycles. The summed E-state index contributed by atoms with van der Waals surface area (Å²) < 4.78 is 15.0. The SMILES string of the molecule is CCC1CNC2(CCCC2)CN1Cc1cc(Br)ccc1F. The Hall–Kier alpha value is -0.450. The lowest BCUT2D eigenvalue weighted by Crippen LogP contribution is -2.62. The number of rotatable bonds is 3. The Morgan fingerprint density at radius 2 is 2.14 bits per heavy atom. The van der Waals surface area contributed by atoms with Crippen LogP contribution in [-0.4, -0.2) is 29.6 Å². The molecule has 3 rings (SSSR count). The van der Waals surface area contributed by atoms with Crippen LogP contribution >= 0.6 is 15.9 Å². The molecule has 0 aromatic heterocycles. The number of piperazine rings is 1. The molecule has 0 bridgehead atoms. The molecule has 116 valence electrons. The normalized spacial score (nSPS) is 25.6. The fourth-order valence-corrected chi connectivity index (χ4v) is 4.30. The molecular weight excluding hydrogens is 331 g/mol. The molecule has 4 heteroatoms. The first-order valence-electron chi connectivity index (χ1n) is 8.05. The third-order valence-corrected chi connectivity index (χ3v) is 5.64. The number of halogens is 2. The fourth-order valence-electron chi connectivity index (χ4n) is 3.89. The zero-order valence-electron chi connectivity index (χ0n) is 12.7. The maximum atomic E-state index is 14.1. The first-order chi connectivity index (χ1) is 10.1. The van der Waals surface area contributed by atoms with Gasteiger partial charge in [-0.15, -0.1) is 0 Å². The summed E-state index contributed by atoms with van der Waals surface area (Å²) in [5.41, 5.74) is 1.09. The molecule has 2 nitrogen and oxygen atoms in total. The molecule has 1 unspecified atom stereocenters. The quantitative estimate of drug-likeness (QED) is 0.879. The van der Waals surface area contributed by atoms with Crippen LogP contribution in [-0.2, 0) is 6.54 Å². The fraction of sp³-hybridized carbons (Fsp3) is 0.647. The summed E-state index contributed by atoms with van der Waals surface area (Å²) in [5.74, 6) is -0.0907. The first kappa shape index (κ1) is 15.4. The zero-order chi connectivity index (χ0) is 14.9. The standard InChI is InChI=1S/C17H24BrFN2/c1-2-15-10-20-17(7-3-4-8-17)12-21(15)11-13-9-14(18)5-6-16(13)19/h5-6,9,15,20H,2-4,7-8,10-12H2,1H3. The first-order valence-corrected chi connectivity index (χ1v) is 8.84. The van der Waals surface area contributed by atoms with Crippen LogP contribution in [0.2, 0.25) is 0 Å². The molecule has 21 heavy (non-hydrogen) atoms. The van der Waals surface area contributed by atoms with Gasteiger partial charge in [-0.1, -0.05) is 35.7 Å². The van der Waals surface area contributed by atoms with E-state index in [2.05, 4.69) is 33.1 Å². The average Bonchev–Trinajstić information content (AvgIpc) is 2.91. The maximum absolute atomic E-state index is 14.1. The Balaban J connectivity index is 1.78. The van der Waals surface area contributed by atoms with Gasteiger partial charge < -0.3 is 5.32 Å². The Labute approximate surface area is 135 Å². The van der Waals surface area contributed by atoms with Gasteiger partial charge in [0.05, 0.1) is 0 Å². The lowest BCUT2D eigenvalue weighted by atomic mass is 9.91. The van der Waals surface area contributed by atoms with Crippen molar-refractivity contribution in [2.75, 3.05) is 13.1 Å². The van der Waals surface area contributed by atoms with Gasteiger partial charge in [-0.2, -0.15) is 0 Å². The Bertz CT molecular complexity index is 500. The second kappa shape index (κ2) is 6.35. The molecule has 1 aromatic rings. The van der Waals surface area contributed by atoms with Gasteiger partial charge in [-0.05, 0) is 37.5 Å². The van der Waals surface area contributed by atoms with Crippen LogP contribution in [0, 0.1) is 5.82 Å². The van der Waals surface area contributed by atoms with E-state index in [0.717, 1.165) is 29.5 Å². The van der Waals surface area contributed by atoms with E-state index in [1.807, 2.05) is 6.07 Å². The van der Waals surface area contributed by atoms with E-state index in [0.29, 0.717) is 12.6 Å². The van der Waals surface area contributed by atoms with Crippen molar-refractivity contribution in [3.05, 3.63) is 34.1 Å². The third-order valence-electron chi connectivity index (χ3n) is 5.15. The molecular formula is C17H24BrFN2. The van der Waals surface area contributed by atoms with Crippen LogP contribution < -0.4 is 5.32 Å². The van der Waals surface area contributed by atoms with Crippen LogP contribution in [0.5, 0.6) is 0 Å². The number of hydrogen-bond donors (Lipinski definition) is 1. The molecule has 1 aliphatic heterocycles. The third kappa shape index (κ3) is 3.33. The summed E-state index contributed by atoms with van der Waals surface area (Å²) >= 11 is 3.46. The predicted octanol–water partition coefficient (Wildman–Crippen LogP) is 4.08. The van der Waals surface area contributed by atoms with Crippen molar-refractivity contribution < 1.29 is 4.39 Å². The minimum atomic E-state index is -0.0907. The molecule has 1 aliphatic carbocycles. The van der Waals surface area contributed by atoms with Gasteiger partial charge in [0.25, 0.3) is 0 Å². The molecule has 1 saturated heterocycles. The predicted molar refractivity (Wildman–Crippen MR) is 87.8 cm³/mol. The maximum Gasteiger partial charge on any atom is 0.127 e. The molecule has 1 spiro atoms. The highest BCUT2D eigenvalue weighted by molar-refractivity contribution is 9.10. The van der Waals surface area contributed by atoms with E-state index in [4.69, 9.17) is 0 Å². The molecule has 2 fully saturated rings. The molecule has 0 radical (unpaired) electrons. The molecule has 1 N–H and O–H groups in total. The lowest BCUT2D eigenvalue weighted by molar-refractivity contribution is 0.0709. The van der Waals surface area contributed by atoms with Crippen molar-refractivity contribution in [3.63, 3.8) is 0 Å². The summed E-state index contributed by atoms with van der Waals surface area (Å²) in [6.45, 7) is 5.03. The van der Waals surface area contributed by atoms with E-state index in [1.165, 1.54) is 25.7 Å². The van der Waals surface area contributed by atoms with Crippen molar-refractivity contribution in [2.45, 2.75) is 57.2 Å². The topological polar surface area (TPSA) is 15.3 Å². The van der Waals surface area contributed by atoms with E-state index in [1.54, 1.807) is 12.1 Å². The summed E-state index contributed by atoms with van der Waals surface area (Å²) in [6.07, 6.45) is 6.28. The molecule has 0 amide bonds. The second-order valence-electron chi connectivity index (χ2n) is 6.57.